The third-order valence-electron chi connectivity index (χ3n) is 2.87. The number of anilines is 1. The summed E-state index contributed by atoms with van der Waals surface area (Å²) < 4.78 is 10.1. The van der Waals surface area contributed by atoms with Gasteiger partial charge in [-0.15, -0.1) is 0 Å². The smallest absolute Gasteiger partial charge is 0.411 e. The van der Waals surface area contributed by atoms with Gasteiger partial charge in [0.2, 0.25) is 0 Å². The molecule has 0 aliphatic heterocycles. The van der Waals surface area contributed by atoms with Gasteiger partial charge < -0.3 is 14.8 Å². The molecule has 0 aromatic heterocycles. The van der Waals surface area contributed by atoms with Crippen LogP contribution in [0.1, 0.15) is 32.8 Å². The fourth-order valence-corrected chi connectivity index (χ4v) is 1.64. The summed E-state index contributed by atoms with van der Waals surface area (Å²) in [6.07, 6.45) is -0.626. The molecule has 122 valence electrons. The molecule has 1 aromatic rings. The molecule has 1 unspecified atom stereocenters. The first-order valence-corrected chi connectivity index (χ1v) is 7.38. The molecule has 0 saturated heterocycles. The number of rotatable bonds is 6. The fourth-order valence-electron chi connectivity index (χ4n) is 1.64. The van der Waals surface area contributed by atoms with Crippen molar-refractivity contribution in [3.05, 3.63) is 29.8 Å². The van der Waals surface area contributed by atoms with Gasteiger partial charge in [0.15, 0.2) is 0 Å². The number of carbonyl (C=O) groups excluding carboxylic acids is 2. The van der Waals surface area contributed by atoms with Crippen LogP contribution in [0.25, 0.3) is 0 Å². The van der Waals surface area contributed by atoms with E-state index in [1.807, 2.05) is 26.0 Å². The molecule has 0 radical (unpaired) electrons. The number of aryl methyl sites for hydroxylation is 1. The van der Waals surface area contributed by atoms with E-state index in [1.54, 1.807) is 26.0 Å². The van der Waals surface area contributed by atoms with Gasteiger partial charge in [-0.1, -0.05) is 24.6 Å². The second kappa shape index (κ2) is 8.92. The zero-order chi connectivity index (χ0) is 16.5. The lowest BCUT2D eigenvalue weighted by atomic mass is 10.2. The molecule has 0 aliphatic rings. The highest BCUT2D eigenvalue weighted by Gasteiger charge is 2.14. The topological polar surface area (TPSA) is 76.7 Å². The van der Waals surface area contributed by atoms with Crippen molar-refractivity contribution in [1.29, 1.82) is 0 Å². The fraction of sp³-hybridized carbons (Fsp3) is 0.500. The number of ether oxygens (including phenoxy) is 2. The monoisotopic (exact) mass is 308 g/mol. The second-order valence-corrected chi connectivity index (χ2v) is 5.29. The normalized spacial score (nSPS) is 11.7. The Hall–Kier alpha value is -2.24. The van der Waals surface area contributed by atoms with Crippen molar-refractivity contribution in [3.8, 4) is 0 Å². The Morgan fingerprint density at radius 2 is 1.77 bits per heavy atom. The minimum Gasteiger partial charge on any atom is -0.447 e. The average Bonchev–Trinajstić information content (AvgIpc) is 2.45. The van der Waals surface area contributed by atoms with Crippen molar-refractivity contribution in [1.82, 2.24) is 5.32 Å². The van der Waals surface area contributed by atoms with Crippen molar-refractivity contribution >= 4 is 17.9 Å². The van der Waals surface area contributed by atoms with Gasteiger partial charge in [0, 0.05) is 5.69 Å². The summed E-state index contributed by atoms with van der Waals surface area (Å²) in [5.41, 5.74) is 1.77. The van der Waals surface area contributed by atoms with Crippen LogP contribution >= 0.6 is 0 Å². The van der Waals surface area contributed by atoms with E-state index in [4.69, 9.17) is 9.47 Å². The van der Waals surface area contributed by atoms with Crippen LogP contribution in [0.4, 0.5) is 15.3 Å². The Kier molecular flexibility index (Phi) is 7.22. The molecule has 0 fully saturated rings. The lowest BCUT2D eigenvalue weighted by Gasteiger charge is -2.18. The number of nitrogens with one attached hydrogen (secondary N) is 2. The van der Waals surface area contributed by atoms with Crippen LogP contribution in [0, 0.1) is 6.92 Å². The number of amides is 2. The third-order valence-corrected chi connectivity index (χ3v) is 2.87. The van der Waals surface area contributed by atoms with Crippen LogP contribution < -0.4 is 10.6 Å². The molecule has 2 N–H and O–H groups in total. The van der Waals surface area contributed by atoms with Crippen LogP contribution in [-0.2, 0) is 9.47 Å². The van der Waals surface area contributed by atoms with Crippen LogP contribution in [-0.4, -0.2) is 30.9 Å². The van der Waals surface area contributed by atoms with Crippen LogP contribution in [0.3, 0.4) is 0 Å². The summed E-state index contributed by atoms with van der Waals surface area (Å²) in [7, 11) is 0. The minimum atomic E-state index is -0.554. The van der Waals surface area contributed by atoms with Gasteiger partial charge in [-0.3, -0.25) is 5.32 Å². The first kappa shape index (κ1) is 17.8. The summed E-state index contributed by atoms with van der Waals surface area (Å²) in [5.74, 6) is 0. The lowest BCUT2D eigenvalue weighted by Crippen LogP contribution is -2.39. The summed E-state index contributed by atoms with van der Waals surface area (Å²) in [6.45, 7) is 7.48. The highest BCUT2D eigenvalue weighted by atomic mass is 16.6. The molecule has 0 bridgehead atoms. The molecule has 6 nitrogen and oxygen atoms in total. The molecule has 1 aromatic carbocycles. The number of carbonyl (C=O) groups is 2. The number of hydrogen-bond donors (Lipinski definition) is 2. The highest BCUT2D eigenvalue weighted by molar-refractivity contribution is 5.84. The maximum Gasteiger partial charge on any atom is 0.411 e. The van der Waals surface area contributed by atoms with Crippen molar-refractivity contribution in [3.63, 3.8) is 0 Å². The maximum absolute atomic E-state index is 11.7. The van der Waals surface area contributed by atoms with Gasteiger partial charge in [-0.25, -0.2) is 9.59 Å². The molecular formula is C16H24N2O4. The molecule has 6 heteroatoms. The lowest BCUT2D eigenvalue weighted by molar-refractivity contribution is 0.102. The summed E-state index contributed by atoms with van der Waals surface area (Å²) >= 11 is 0. The standard InChI is InChI=1S/C16H24N2O4/c1-5-13(17-16(20)22-11(2)3)10-21-15(19)18-14-8-6-12(4)7-9-14/h6-9,11,13H,5,10H2,1-4H3,(H,17,20)(H,18,19). The van der Waals surface area contributed by atoms with Crippen LogP contribution in [0.5, 0.6) is 0 Å². The predicted octanol–water partition coefficient (Wildman–Crippen LogP) is 3.46. The summed E-state index contributed by atoms with van der Waals surface area (Å²) in [6, 6.07) is 7.11. The quantitative estimate of drug-likeness (QED) is 0.843. The van der Waals surface area contributed by atoms with E-state index < -0.39 is 12.2 Å². The van der Waals surface area contributed by atoms with Crippen molar-refractivity contribution < 1.29 is 19.1 Å². The number of alkyl carbamates (subject to hydrolysis) is 1. The first-order valence-electron chi connectivity index (χ1n) is 7.38. The van der Waals surface area contributed by atoms with Gasteiger partial charge in [-0.05, 0) is 39.3 Å². The molecular weight excluding hydrogens is 284 g/mol. The van der Waals surface area contributed by atoms with E-state index in [0.29, 0.717) is 12.1 Å². The summed E-state index contributed by atoms with van der Waals surface area (Å²) in [4.78, 5) is 23.2. The van der Waals surface area contributed by atoms with Gasteiger partial charge in [-0.2, -0.15) is 0 Å². The predicted molar refractivity (Wildman–Crippen MR) is 85.0 cm³/mol. The zero-order valence-electron chi connectivity index (χ0n) is 13.5. The Morgan fingerprint density at radius 1 is 1.14 bits per heavy atom. The molecule has 0 saturated carbocycles. The number of hydrogen-bond acceptors (Lipinski definition) is 4. The van der Waals surface area contributed by atoms with Gasteiger partial charge in [0.25, 0.3) is 0 Å². The SMILES string of the molecule is CCC(COC(=O)Nc1ccc(C)cc1)NC(=O)OC(C)C. The average molecular weight is 308 g/mol. The van der Waals surface area contributed by atoms with E-state index in [0.717, 1.165) is 5.56 Å². The molecule has 1 rings (SSSR count). The Morgan fingerprint density at radius 3 is 2.32 bits per heavy atom. The summed E-state index contributed by atoms with van der Waals surface area (Å²) in [5, 5.41) is 5.29. The van der Waals surface area contributed by atoms with Gasteiger partial charge in [0.1, 0.15) is 6.61 Å². The zero-order valence-corrected chi connectivity index (χ0v) is 13.5. The third kappa shape index (κ3) is 6.97. The Labute approximate surface area is 131 Å². The molecule has 1 atom stereocenters. The highest BCUT2D eigenvalue weighted by Crippen LogP contribution is 2.09. The van der Waals surface area contributed by atoms with E-state index >= 15 is 0 Å². The van der Waals surface area contributed by atoms with Crippen molar-refractivity contribution in [2.45, 2.75) is 46.3 Å². The molecule has 2 amide bonds. The molecule has 0 spiro atoms. The maximum atomic E-state index is 11.7. The molecule has 0 heterocycles. The second-order valence-electron chi connectivity index (χ2n) is 5.29. The molecule has 22 heavy (non-hydrogen) atoms. The van der Waals surface area contributed by atoms with Crippen LogP contribution in [0.15, 0.2) is 24.3 Å². The van der Waals surface area contributed by atoms with E-state index in [1.165, 1.54) is 0 Å². The Bertz CT molecular complexity index is 485. The molecule has 0 aliphatic carbocycles. The van der Waals surface area contributed by atoms with Gasteiger partial charge >= 0.3 is 12.2 Å². The minimum absolute atomic E-state index is 0.0847. The van der Waals surface area contributed by atoms with E-state index in [-0.39, 0.29) is 18.8 Å². The van der Waals surface area contributed by atoms with Crippen molar-refractivity contribution in [2.24, 2.45) is 0 Å². The van der Waals surface area contributed by atoms with Crippen molar-refractivity contribution in [2.75, 3.05) is 11.9 Å². The van der Waals surface area contributed by atoms with E-state index in [2.05, 4.69) is 10.6 Å². The van der Waals surface area contributed by atoms with Crippen LogP contribution in [0.2, 0.25) is 0 Å². The largest absolute Gasteiger partial charge is 0.447 e. The Balaban J connectivity index is 2.37. The first-order chi connectivity index (χ1) is 10.4. The van der Waals surface area contributed by atoms with E-state index in [9.17, 15) is 9.59 Å². The van der Waals surface area contributed by atoms with Gasteiger partial charge in [0.05, 0.1) is 12.1 Å². The number of benzene rings is 1.